The van der Waals surface area contributed by atoms with Gasteiger partial charge in [-0.3, -0.25) is 4.90 Å². The van der Waals surface area contributed by atoms with Gasteiger partial charge in [-0.15, -0.1) is 9.24 Å². The quantitative estimate of drug-likeness (QED) is 0.502. The Morgan fingerprint density at radius 2 is 1.57 bits per heavy atom. The van der Waals surface area contributed by atoms with Crippen LogP contribution in [0.1, 0.15) is 39.3 Å². The van der Waals surface area contributed by atoms with E-state index in [2.05, 4.69) is 84.8 Å². The zero-order valence-corrected chi connectivity index (χ0v) is 15.1. The minimum absolute atomic E-state index is 0.318. The van der Waals surface area contributed by atoms with Crippen molar-refractivity contribution in [3.05, 3.63) is 54.6 Å². The first-order valence-electron chi connectivity index (χ1n) is 7.82. The SMILES string of the molecule is C=C/C=C/C(c1ccc(P)cc1)N(CC(C)C)CC(C)C. The highest BCUT2D eigenvalue weighted by Gasteiger charge is 2.19. The van der Waals surface area contributed by atoms with Crippen molar-refractivity contribution in [2.75, 3.05) is 13.1 Å². The van der Waals surface area contributed by atoms with E-state index in [1.807, 2.05) is 6.08 Å². The van der Waals surface area contributed by atoms with Crippen molar-refractivity contribution in [1.29, 1.82) is 0 Å². The molecule has 0 N–H and O–H groups in total. The summed E-state index contributed by atoms with van der Waals surface area (Å²) in [6, 6.07) is 9.11. The molecule has 0 heterocycles. The van der Waals surface area contributed by atoms with E-state index in [0.29, 0.717) is 17.9 Å². The van der Waals surface area contributed by atoms with Gasteiger partial charge in [-0.2, -0.15) is 0 Å². The van der Waals surface area contributed by atoms with Crippen LogP contribution in [0, 0.1) is 11.8 Å². The molecule has 0 radical (unpaired) electrons. The van der Waals surface area contributed by atoms with Crippen molar-refractivity contribution in [3.63, 3.8) is 0 Å². The standard InChI is InChI=1S/C19H30NP/c1-6-7-8-19(17-9-11-18(21)12-10-17)20(13-15(2)3)14-16(4)5/h6-12,15-16,19H,1,13-14,21H2,2-5H3/b8-7+. The van der Waals surface area contributed by atoms with Gasteiger partial charge in [0, 0.05) is 13.1 Å². The lowest BCUT2D eigenvalue weighted by Gasteiger charge is -2.33. The zero-order chi connectivity index (χ0) is 15.8. The largest absolute Gasteiger partial charge is 0.292 e. The van der Waals surface area contributed by atoms with Gasteiger partial charge in [0.2, 0.25) is 0 Å². The van der Waals surface area contributed by atoms with Crippen LogP contribution in [0.2, 0.25) is 0 Å². The predicted octanol–water partition coefficient (Wildman–Crippen LogP) is 4.58. The Bertz CT molecular complexity index is 435. The van der Waals surface area contributed by atoms with Gasteiger partial charge in [-0.25, -0.2) is 0 Å². The van der Waals surface area contributed by atoms with Crippen LogP contribution >= 0.6 is 9.24 Å². The van der Waals surface area contributed by atoms with Crippen LogP contribution in [0.15, 0.2) is 49.1 Å². The molecule has 0 aliphatic carbocycles. The van der Waals surface area contributed by atoms with Crippen LogP contribution in [0.3, 0.4) is 0 Å². The Balaban J connectivity index is 3.08. The third-order valence-electron chi connectivity index (χ3n) is 3.30. The molecule has 0 aliphatic heterocycles. The average molecular weight is 303 g/mol. The molecule has 0 saturated heterocycles. The minimum atomic E-state index is 0.318. The monoisotopic (exact) mass is 303 g/mol. The van der Waals surface area contributed by atoms with Crippen molar-refractivity contribution in [3.8, 4) is 0 Å². The van der Waals surface area contributed by atoms with E-state index in [9.17, 15) is 0 Å². The average Bonchev–Trinajstić information content (AvgIpc) is 2.39. The Hall–Kier alpha value is -0.910. The fourth-order valence-corrected chi connectivity index (χ4v) is 2.75. The molecule has 2 heteroatoms. The lowest BCUT2D eigenvalue weighted by Crippen LogP contribution is -2.34. The van der Waals surface area contributed by atoms with Crippen LogP contribution in [0.25, 0.3) is 0 Å². The maximum Gasteiger partial charge on any atom is 0.0534 e. The highest BCUT2D eigenvalue weighted by Crippen LogP contribution is 2.24. The summed E-state index contributed by atoms with van der Waals surface area (Å²) in [7, 11) is 2.75. The predicted molar refractivity (Wildman–Crippen MR) is 99.1 cm³/mol. The second kappa shape index (κ2) is 9.18. The summed E-state index contributed by atoms with van der Waals surface area (Å²) in [5.41, 5.74) is 1.35. The summed E-state index contributed by atoms with van der Waals surface area (Å²) in [6.07, 6.45) is 6.18. The molecule has 2 unspecified atom stereocenters. The number of hydrogen-bond donors (Lipinski definition) is 0. The normalized spacial score (nSPS) is 13.5. The number of hydrogen-bond acceptors (Lipinski definition) is 1. The van der Waals surface area contributed by atoms with E-state index in [1.165, 1.54) is 10.9 Å². The molecule has 1 aromatic carbocycles. The van der Waals surface area contributed by atoms with E-state index in [-0.39, 0.29) is 0 Å². The van der Waals surface area contributed by atoms with Gasteiger partial charge in [-0.1, -0.05) is 76.8 Å². The van der Waals surface area contributed by atoms with E-state index in [4.69, 9.17) is 0 Å². The van der Waals surface area contributed by atoms with Crippen LogP contribution in [-0.2, 0) is 0 Å². The van der Waals surface area contributed by atoms with Gasteiger partial charge in [0.15, 0.2) is 0 Å². The fourth-order valence-electron chi connectivity index (χ4n) is 2.56. The van der Waals surface area contributed by atoms with E-state index < -0.39 is 0 Å². The van der Waals surface area contributed by atoms with Gasteiger partial charge in [0.25, 0.3) is 0 Å². The minimum Gasteiger partial charge on any atom is -0.292 e. The molecule has 1 rings (SSSR count). The molecule has 116 valence electrons. The van der Waals surface area contributed by atoms with Crippen LogP contribution in [0.4, 0.5) is 0 Å². The first-order valence-corrected chi connectivity index (χ1v) is 8.40. The topological polar surface area (TPSA) is 3.24 Å². The number of nitrogens with zero attached hydrogens (tertiary/aromatic N) is 1. The summed E-state index contributed by atoms with van der Waals surface area (Å²) in [6.45, 7) is 15.2. The van der Waals surface area contributed by atoms with Crippen LogP contribution in [0.5, 0.6) is 0 Å². The van der Waals surface area contributed by atoms with Gasteiger partial charge in [0.1, 0.15) is 0 Å². The Morgan fingerprint density at radius 1 is 1.05 bits per heavy atom. The van der Waals surface area contributed by atoms with Gasteiger partial charge < -0.3 is 0 Å². The highest BCUT2D eigenvalue weighted by atomic mass is 31.0. The van der Waals surface area contributed by atoms with Gasteiger partial charge >= 0.3 is 0 Å². The molecule has 0 bridgehead atoms. The van der Waals surface area contributed by atoms with Gasteiger partial charge in [-0.05, 0) is 22.7 Å². The maximum atomic E-state index is 3.81. The zero-order valence-electron chi connectivity index (χ0n) is 13.9. The number of rotatable bonds is 8. The van der Waals surface area contributed by atoms with Crippen molar-refractivity contribution in [1.82, 2.24) is 4.90 Å². The maximum absolute atomic E-state index is 3.81. The summed E-state index contributed by atoms with van der Waals surface area (Å²) >= 11 is 0. The molecule has 0 aromatic heterocycles. The van der Waals surface area contributed by atoms with Crippen molar-refractivity contribution in [2.45, 2.75) is 33.7 Å². The van der Waals surface area contributed by atoms with E-state index >= 15 is 0 Å². The summed E-state index contributed by atoms with van der Waals surface area (Å²) in [5, 5.41) is 1.23. The van der Waals surface area contributed by atoms with Crippen LogP contribution < -0.4 is 5.30 Å². The second-order valence-electron chi connectivity index (χ2n) is 6.47. The molecular weight excluding hydrogens is 273 g/mol. The van der Waals surface area contributed by atoms with Crippen molar-refractivity contribution in [2.24, 2.45) is 11.8 Å². The molecule has 1 nitrogen and oxygen atoms in total. The van der Waals surface area contributed by atoms with Gasteiger partial charge in [0.05, 0.1) is 6.04 Å². The fraction of sp³-hybridized carbons (Fsp3) is 0.474. The first kappa shape index (κ1) is 18.1. The molecule has 21 heavy (non-hydrogen) atoms. The molecule has 0 aliphatic rings. The van der Waals surface area contributed by atoms with Crippen molar-refractivity contribution < 1.29 is 0 Å². The number of allylic oxidation sites excluding steroid dienone is 2. The Labute approximate surface area is 133 Å². The molecule has 0 saturated carbocycles. The van der Waals surface area contributed by atoms with E-state index in [1.54, 1.807) is 0 Å². The Morgan fingerprint density at radius 3 is 2.00 bits per heavy atom. The summed E-state index contributed by atoms with van der Waals surface area (Å²) < 4.78 is 0. The molecular formula is C19H30NP. The lowest BCUT2D eigenvalue weighted by atomic mass is 10.0. The highest BCUT2D eigenvalue weighted by molar-refractivity contribution is 7.27. The first-order chi connectivity index (χ1) is 9.93. The smallest absolute Gasteiger partial charge is 0.0534 e. The lowest BCUT2D eigenvalue weighted by molar-refractivity contribution is 0.183. The van der Waals surface area contributed by atoms with Crippen LogP contribution in [-0.4, -0.2) is 18.0 Å². The third-order valence-corrected chi connectivity index (χ3v) is 3.69. The summed E-state index contributed by atoms with van der Waals surface area (Å²) in [4.78, 5) is 2.58. The van der Waals surface area contributed by atoms with Crippen molar-refractivity contribution >= 4 is 14.5 Å². The molecule has 0 spiro atoms. The Kier molecular flexibility index (Phi) is 7.93. The molecule has 2 atom stereocenters. The van der Waals surface area contributed by atoms with E-state index in [0.717, 1.165) is 13.1 Å². The molecule has 1 aromatic rings. The number of benzene rings is 1. The second-order valence-corrected chi connectivity index (χ2v) is 7.14. The summed E-state index contributed by atoms with van der Waals surface area (Å²) in [5.74, 6) is 1.31. The third kappa shape index (κ3) is 6.59. The molecule has 0 amide bonds. The molecule has 0 fully saturated rings.